The number of benzene rings is 1. The molecule has 2 aromatic rings. The first-order valence-electron chi connectivity index (χ1n) is 4.74. The third kappa shape index (κ3) is 2.97. The van der Waals surface area contributed by atoms with E-state index in [1.165, 1.54) is 11.3 Å². The summed E-state index contributed by atoms with van der Waals surface area (Å²) in [5.41, 5.74) is 6.57. The lowest BCUT2D eigenvalue weighted by atomic mass is 10.2. The van der Waals surface area contributed by atoms with Crippen molar-refractivity contribution in [2.75, 3.05) is 0 Å². The van der Waals surface area contributed by atoms with Crippen LogP contribution in [0.5, 0.6) is 0 Å². The molecule has 0 fully saturated rings. The van der Waals surface area contributed by atoms with Crippen molar-refractivity contribution in [3.8, 4) is 11.3 Å². The van der Waals surface area contributed by atoms with Crippen LogP contribution in [-0.4, -0.2) is 10.9 Å². The zero-order valence-electron chi connectivity index (χ0n) is 8.61. The first-order valence-corrected chi connectivity index (χ1v) is 6.38. The molecule has 0 bridgehead atoms. The number of rotatable bonds is 3. The van der Waals surface area contributed by atoms with Crippen LogP contribution in [0.1, 0.15) is 5.01 Å². The molecular formula is C11H8Cl2N2OS. The zero-order chi connectivity index (χ0) is 12.4. The molecule has 1 heterocycles. The fourth-order valence-corrected chi connectivity index (χ4v) is 2.55. The van der Waals surface area contributed by atoms with Crippen LogP contribution in [0.4, 0.5) is 0 Å². The highest BCUT2D eigenvalue weighted by Crippen LogP contribution is 2.31. The Morgan fingerprint density at radius 2 is 2.18 bits per heavy atom. The molecule has 17 heavy (non-hydrogen) atoms. The average Bonchev–Trinajstić information content (AvgIpc) is 2.69. The minimum Gasteiger partial charge on any atom is -0.369 e. The number of carbonyl (C=O) groups excluding carboxylic acids is 1. The summed E-state index contributed by atoms with van der Waals surface area (Å²) < 4.78 is 0. The fourth-order valence-electron chi connectivity index (χ4n) is 1.36. The molecule has 1 aromatic carbocycles. The van der Waals surface area contributed by atoms with Crippen molar-refractivity contribution in [3.05, 3.63) is 38.6 Å². The van der Waals surface area contributed by atoms with Gasteiger partial charge >= 0.3 is 0 Å². The van der Waals surface area contributed by atoms with E-state index in [1.807, 2.05) is 5.38 Å². The number of hydrogen-bond donors (Lipinski definition) is 1. The summed E-state index contributed by atoms with van der Waals surface area (Å²) in [6.07, 6.45) is 0.142. The van der Waals surface area contributed by atoms with Crippen LogP contribution < -0.4 is 5.73 Å². The van der Waals surface area contributed by atoms with Crippen molar-refractivity contribution in [1.29, 1.82) is 0 Å². The second-order valence-corrected chi connectivity index (χ2v) is 5.18. The maximum Gasteiger partial charge on any atom is 0.224 e. The Labute approximate surface area is 112 Å². The molecule has 6 heteroatoms. The molecule has 0 aliphatic rings. The molecule has 1 amide bonds. The molecular weight excluding hydrogens is 279 g/mol. The van der Waals surface area contributed by atoms with Gasteiger partial charge in [-0.2, -0.15) is 0 Å². The van der Waals surface area contributed by atoms with Gasteiger partial charge in [0.25, 0.3) is 0 Å². The first kappa shape index (κ1) is 12.4. The first-order chi connectivity index (χ1) is 8.06. The molecule has 0 aliphatic carbocycles. The Hall–Kier alpha value is -1.10. The minimum absolute atomic E-state index is 0.142. The smallest absolute Gasteiger partial charge is 0.224 e. The molecule has 0 spiro atoms. The van der Waals surface area contributed by atoms with Crippen molar-refractivity contribution in [3.63, 3.8) is 0 Å². The number of hydrogen-bond acceptors (Lipinski definition) is 3. The van der Waals surface area contributed by atoms with Gasteiger partial charge in [-0.1, -0.05) is 23.2 Å². The van der Waals surface area contributed by atoms with Gasteiger partial charge in [0.05, 0.1) is 17.1 Å². The Kier molecular flexibility index (Phi) is 3.66. The van der Waals surface area contributed by atoms with Gasteiger partial charge in [-0.3, -0.25) is 4.79 Å². The number of nitrogens with zero attached hydrogens (tertiary/aromatic N) is 1. The predicted octanol–water partition coefficient (Wildman–Crippen LogP) is 3.14. The number of primary amides is 1. The molecule has 1 aromatic heterocycles. The van der Waals surface area contributed by atoms with Crippen molar-refractivity contribution in [2.45, 2.75) is 6.42 Å². The normalized spacial score (nSPS) is 10.5. The quantitative estimate of drug-likeness (QED) is 0.942. The molecule has 3 nitrogen and oxygen atoms in total. The molecule has 0 atom stereocenters. The van der Waals surface area contributed by atoms with E-state index in [1.54, 1.807) is 18.2 Å². The van der Waals surface area contributed by atoms with Crippen LogP contribution in [0, 0.1) is 0 Å². The van der Waals surface area contributed by atoms with E-state index in [9.17, 15) is 4.79 Å². The molecule has 0 radical (unpaired) electrons. The summed E-state index contributed by atoms with van der Waals surface area (Å²) >= 11 is 13.3. The lowest BCUT2D eigenvalue weighted by Crippen LogP contribution is -2.13. The molecule has 0 unspecified atom stereocenters. The van der Waals surface area contributed by atoms with Crippen LogP contribution >= 0.6 is 34.5 Å². The number of carbonyl (C=O) groups is 1. The third-order valence-electron chi connectivity index (χ3n) is 2.08. The summed E-state index contributed by atoms with van der Waals surface area (Å²) in [6, 6.07) is 5.17. The van der Waals surface area contributed by atoms with Crippen LogP contribution in [0.2, 0.25) is 10.0 Å². The fraction of sp³-hybridized carbons (Fsp3) is 0.0909. The summed E-state index contributed by atoms with van der Waals surface area (Å²) in [4.78, 5) is 15.1. The highest BCUT2D eigenvalue weighted by atomic mass is 35.5. The van der Waals surface area contributed by atoms with E-state index >= 15 is 0 Å². The Morgan fingerprint density at radius 1 is 1.41 bits per heavy atom. The largest absolute Gasteiger partial charge is 0.369 e. The van der Waals surface area contributed by atoms with Gasteiger partial charge in [0.1, 0.15) is 5.01 Å². The molecule has 0 aliphatic heterocycles. The van der Waals surface area contributed by atoms with Crippen LogP contribution in [0.25, 0.3) is 11.3 Å². The lowest BCUT2D eigenvalue weighted by molar-refractivity contribution is -0.117. The van der Waals surface area contributed by atoms with Crippen molar-refractivity contribution in [2.24, 2.45) is 5.73 Å². The van der Waals surface area contributed by atoms with Gasteiger partial charge in [0, 0.05) is 16.0 Å². The van der Waals surface area contributed by atoms with Crippen LogP contribution in [0.3, 0.4) is 0 Å². The lowest BCUT2D eigenvalue weighted by Gasteiger charge is -2.00. The van der Waals surface area contributed by atoms with Crippen molar-refractivity contribution >= 4 is 40.4 Å². The maximum atomic E-state index is 10.8. The molecule has 2 rings (SSSR count). The van der Waals surface area contributed by atoms with Gasteiger partial charge in [0.15, 0.2) is 0 Å². The van der Waals surface area contributed by atoms with Crippen LogP contribution in [-0.2, 0) is 11.2 Å². The van der Waals surface area contributed by atoms with E-state index < -0.39 is 5.91 Å². The molecule has 0 saturated carbocycles. The number of amides is 1. The third-order valence-corrected chi connectivity index (χ3v) is 3.50. The standard InChI is InChI=1S/C11H8Cl2N2OS/c12-6-1-2-8(13)7(3-6)9-5-17-11(15-9)4-10(14)16/h1-3,5H,4H2,(H2,14,16). The van der Waals surface area contributed by atoms with Gasteiger partial charge in [-0.05, 0) is 18.2 Å². The minimum atomic E-state index is -0.400. The van der Waals surface area contributed by atoms with Gasteiger partial charge < -0.3 is 5.73 Å². The Morgan fingerprint density at radius 3 is 2.88 bits per heavy atom. The van der Waals surface area contributed by atoms with Gasteiger partial charge in [-0.25, -0.2) is 4.98 Å². The second kappa shape index (κ2) is 5.04. The van der Waals surface area contributed by atoms with Crippen molar-refractivity contribution in [1.82, 2.24) is 4.98 Å². The number of aromatic nitrogens is 1. The van der Waals surface area contributed by atoms with E-state index in [-0.39, 0.29) is 6.42 Å². The molecule has 0 saturated heterocycles. The van der Waals surface area contributed by atoms with E-state index in [2.05, 4.69) is 4.98 Å². The Balaban J connectivity index is 2.36. The maximum absolute atomic E-state index is 10.8. The number of nitrogens with two attached hydrogens (primary N) is 1. The summed E-state index contributed by atoms with van der Waals surface area (Å²) in [5.74, 6) is -0.400. The van der Waals surface area contributed by atoms with Crippen molar-refractivity contribution < 1.29 is 4.79 Å². The average molecular weight is 287 g/mol. The van der Waals surface area contributed by atoms with Gasteiger partial charge in [-0.15, -0.1) is 11.3 Å². The monoisotopic (exact) mass is 286 g/mol. The molecule has 88 valence electrons. The van der Waals surface area contributed by atoms with E-state index in [4.69, 9.17) is 28.9 Å². The highest BCUT2D eigenvalue weighted by Gasteiger charge is 2.10. The van der Waals surface area contributed by atoms with Crippen LogP contribution in [0.15, 0.2) is 23.6 Å². The van der Waals surface area contributed by atoms with E-state index in [0.29, 0.717) is 20.7 Å². The Bertz CT molecular complexity index is 568. The summed E-state index contributed by atoms with van der Waals surface area (Å²) in [7, 11) is 0. The molecule has 2 N–H and O–H groups in total. The predicted molar refractivity (Wildman–Crippen MR) is 70.5 cm³/mol. The SMILES string of the molecule is NC(=O)Cc1nc(-c2cc(Cl)ccc2Cl)cs1. The topological polar surface area (TPSA) is 56.0 Å². The second-order valence-electron chi connectivity index (χ2n) is 3.39. The van der Waals surface area contributed by atoms with E-state index in [0.717, 1.165) is 5.56 Å². The number of halogens is 2. The summed E-state index contributed by atoms with van der Waals surface area (Å²) in [6.45, 7) is 0. The summed E-state index contributed by atoms with van der Waals surface area (Å²) in [5, 5.41) is 3.67. The zero-order valence-corrected chi connectivity index (χ0v) is 10.9. The number of thiazole rings is 1. The van der Waals surface area contributed by atoms with Gasteiger partial charge in [0.2, 0.25) is 5.91 Å². The highest BCUT2D eigenvalue weighted by molar-refractivity contribution is 7.10.